The van der Waals surface area contributed by atoms with Crippen LogP contribution in [0.4, 0.5) is 0 Å². The van der Waals surface area contributed by atoms with Crippen molar-refractivity contribution in [2.24, 2.45) is 0 Å². The second-order valence-electron chi connectivity index (χ2n) is 13.6. The van der Waals surface area contributed by atoms with E-state index in [2.05, 4.69) is 42.7 Å². The molecule has 0 heterocycles. The highest BCUT2D eigenvalue weighted by molar-refractivity contribution is 7.46. The molecule has 0 aliphatic carbocycles. The van der Waals surface area contributed by atoms with Crippen molar-refractivity contribution in [1.29, 1.82) is 0 Å². The molecule has 9 heteroatoms. The Bertz CT molecular complexity index is 853. The number of esters is 2. The van der Waals surface area contributed by atoms with E-state index in [9.17, 15) is 14.2 Å². The maximum absolute atomic E-state index is 12.4. The number of ether oxygens (including phenoxy) is 2. The Morgan fingerprint density at radius 3 is 1.37 bits per heavy atom. The summed E-state index contributed by atoms with van der Waals surface area (Å²) in [6, 6.07) is 0. The molecule has 0 aromatic carbocycles. The SMILES string of the molecule is CCCCCC/C=C\C/C=C\CCCCCCCC(=O)OC(COC(=O)CCCCCCCCCCCCCCCCC)COP(=O)(O)O. The normalized spacial score (nSPS) is 12.7. The third-order valence-electron chi connectivity index (χ3n) is 8.72. The van der Waals surface area contributed by atoms with Crippen molar-refractivity contribution in [3.8, 4) is 0 Å². The number of allylic oxidation sites excluding steroid dienone is 4. The Kier molecular flexibility index (Phi) is 35.2. The van der Waals surface area contributed by atoms with Gasteiger partial charge in [0.25, 0.3) is 0 Å². The zero-order valence-corrected chi connectivity index (χ0v) is 32.5. The number of hydrogen-bond donors (Lipinski definition) is 2. The standard InChI is InChI=1S/C40H75O8P/c1-3-5-7-9-11-13-15-17-19-21-23-25-27-29-31-33-35-40(42)48-38(37-47-49(43,44)45)36-46-39(41)34-32-30-28-26-24-22-20-18-16-14-12-10-8-6-4-2/h13,15,19,21,38H,3-12,14,16-18,20,22-37H2,1-2H3,(H2,43,44,45)/b15-13-,21-19-. The van der Waals surface area contributed by atoms with Crippen LogP contribution in [-0.2, 0) is 28.2 Å². The number of phosphoric acid groups is 1. The van der Waals surface area contributed by atoms with E-state index >= 15 is 0 Å². The summed E-state index contributed by atoms with van der Waals surface area (Å²) in [5, 5.41) is 0. The molecule has 0 fully saturated rings. The summed E-state index contributed by atoms with van der Waals surface area (Å²) in [5.41, 5.74) is 0. The molecule has 1 atom stereocenters. The molecule has 1 unspecified atom stereocenters. The van der Waals surface area contributed by atoms with Crippen LogP contribution in [0.5, 0.6) is 0 Å². The van der Waals surface area contributed by atoms with E-state index in [1.807, 2.05) is 0 Å². The molecule has 0 aromatic heterocycles. The fraction of sp³-hybridized carbons (Fsp3) is 0.850. The van der Waals surface area contributed by atoms with Gasteiger partial charge >= 0.3 is 19.8 Å². The number of carbonyl (C=O) groups excluding carboxylic acids is 2. The third-order valence-corrected chi connectivity index (χ3v) is 9.21. The summed E-state index contributed by atoms with van der Waals surface area (Å²) in [7, 11) is -4.75. The third kappa shape index (κ3) is 39.2. The highest BCUT2D eigenvalue weighted by atomic mass is 31.2. The van der Waals surface area contributed by atoms with Gasteiger partial charge < -0.3 is 19.3 Å². The Hall–Kier alpha value is -1.47. The monoisotopic (exact) mass is 715 g/mol. The average Bonchev–Trinajstić information content (AvgIpc) is 3.07. The van der Waals surface area contributed by atoms with E-state index < -0.39 is 32.5 Å². The van der Waals surface area contributed by atoms with E-state index in [0.717, 1.165) is 57.8 Å². The number of unbranched alkanes of at least 4 members (excludes halogenated alkanes) is 23. The molecule has 0 saturated carbocycles. The van der Waals surface area contributed by atoms with Crippen LogP contribution in [0.25, 0.3) is 0 Å². The summed E-state index contributed by atoms with van der Waals surface area (Å²) < 4.78 is 26.3. The second-order valence-corrected chi connectivity index (χ2v) is 14.9. The molecule has 0 spiro atoms. The van der Waals surface area contributed by atoms with Gasteiger partial charge in [0, 0.05) is 12.8 Å². The van der Waals surface area contributed by atoms with E-state index in [1.165, 1.54) is 109 Å². The molecule has 288 valence electrons. The van der Waals surface area contributed by atoms with Gasteiger partial charge in [0.1, 0.15) is 6.61 Å². The van der Waals surface area contributed by atoms with E-state index in [4.69, 9.17) is 19.3 Å². The molecule has 0 aromatic rings. The Labute approximate surface area is 300 Å². The van der Waals surface area contributed by atoms with Crippen LogP contribution in [0.2, 0.25) is 0 Å². The quantitative estimate of drug-likeness (QED) is 0.0282. The van der Waals surface area contributed by atoms with Crippen LogP contribution in [0, 0.1) is 0 Å². The summed E-state index contributed by atoms with van der Waals surface area (Å²) in [6.45, 7) is 3.66. The van der Waals surface area contributed by atoms with Crippen molar-refractivity contribution in [3.63, 3.8) is 0 Å². The van der Waals surface area contributed by atoms with Crippen molar-refractivity contribution >= 4 is 19.8 Å². The van der Waals surface area contributed by atoms with Crippen molar-refractivity contribution in [3.05, 3.63) is 24.3 Å². The molecule has 8 nitrogen and oxygen atoms in total. The van der Waals surface area contributed by atoms with Gasteiger partial charge in [-0.2, -0.15) is 0 Å². The van der Waals surface area contributed by atoms with Gasteiger partial charge in [0.2, 0.25) is 0 Å². The van der Waals surface area contributed by atoms with Gasteiger partial charge in [-0.25, -0.2) is 4.57 Å². The zero-order valence-electron chi connectivity index (χ0n) is 31.6. The average molecular weight is 715 g/mol. The molecule has 0 rings (SSSR count). The number of rotatable bonds is 37. The fourth-order valence-corrected chi connectivity index (χ4v) is 6.06. The van der Waals surface area contributed by atoms with Crippen LogP contribution in [0.3, 0.4) is 0 Å². The first-order valence-corrected chi connectivity index (χ1v) is 21.7. The first kappa shape index (κ1) is 47.5. The molecule has 0 aliphatic rings. The predicted molar refractivity (Wildman–Crippen MR) is 202 cm³/mol. The minimum atomic E-state index is -4.75. The lowest BCUT2D eigenvalue weighted by molar-refractivity contribution is -0.161. The number of phosphoric ester groups is 1. The van der Waals surface area contributed by atoms with Crippen molar-refractivity contribution < 1.29 is 37.9 Å². The van der Waals surface area contributed by atoms with Gasteiger partial charge in [-0.15, -0.1) is 0 Å². The van der Waals surface area contributed by atoms with Crippen LogP contribution in [0.15, 0.2) is 24.3 Å². The van der Waals surface area contributed by atoms with Gasteiger partial charge in [0.15, 0.2) is 6.10 Å². The summed E-state index contributed by atoms with van der Waals surface area (Å²) >= 11 is 0. The number of carbonyl (C=O) groups is 2. The van der Waals surface area contributed by atoms with Gasteiger partial charge in [-0.3, -0.25) is 14.1 Å². The smallest absolute Gasteiger partial charge is 0.462 e. The largest absolute Gasteiger partial charge is 0.469 e. The second kappa shape index (κ2) is 36.3. The van der Waals surface area contributed by atoms with E-state index in [-0.39, 0.29) is 19.4 Å². The van der Waals surface area contributed by atoms with Crippen molar-refractivity contribution in [2.45, 2.75) is 206 Å². The predicted octanol–water partition coefficient (Wildman–Crippen LogP) is 12.0. The molecule has 0 radical (unpaired) electrons. The van der Waals surface area contributed by atoms with Gasteiger partial charge in [-0.05, 0) is 44.9 Å². The molecule has 2 N–H and O–H groups in total. The summed E-state index contributed by atoms with van der Waals surface area (Å²) in [6.07, 6.45) is 40.4. The molecular weight excluding hydrogens is 639 g/mol. The molecule has 0 bridgehead atoms. The maximum Gasteiger partial charge on any atom is 0.469 e. The lowest BCUT2D eigenvalue weighted by atomic mass is 10.0. The summed E-state index contributed by atoms with van der Waals surface area (Å²) in [5.74, 6) is -0.893. The van der Waals surface area contributed by atoms with Gasteiger partial charge in [0.05, 0.1) is 6.61 Å². The molecular formula is C40H75O8P. The van der Waals surface area contributed by atoms with Gasteiger partial charge in [-0.1, -0.05) is 167 Å². The van der Waals surface area contributed by atoms with Crippen molar-refractivity contribution in [1.82, 2.24) is 0 Å². The van der Waals surface area contributed by atoms with Crippen LogP contribution in [-0.4, -0.2) is 41.0 Å². The highest BCUT2D eigenvalue weighted by Crippen LogP contribution is 2.36. The Morgan fingerprint density at radius 2 is 0.918 bits per heavy atom. The topological polar surface area (TPSA) is 119 Å². The van der Waals surface area contributed by atoms with Crippen molar-refractivity contribution in [2.75, 3.05) is 13.2 Å². The lowest BCUT2D eigenvalue weighted by Crippen LogP contribution is -2.29. The first-order valence-electron chi connectivity index (χ1n) is 20.1. The minimum absolute atomic E-state index is 0.199. The molecule has 0 amide bonds. The fourth-order valence-electron chi connectivity index (χ4n) is 5.70. The molecule has 0 saturated heterocycles. The maximum atomic E-state index is 12.4. The van der Waals surface area contributed by atoms with Crippen LogP contribution >= 0.6 is 7.82 Å². The summed E-state index contributed by atoms with van der Waals surface area (Å²) in [4.78, 5) is 42.8. The Morgan fingerprint density at radius 1 is 0.531 bits per heavy atom. The highest BCUT2D eigenvalue weighted by Gasteiger charge is 2.22. The van der Waals surface area contributed by atoms with Crippen LogP contribution in [0.1, 0.15) is 200 Å². The lowest BCUT2D eigenvalue weighted by Gasteiger charge is -2.18. The number of hydrogen-bond acceptors (Lipinski definition) is 6. The minimum Gasteiger partial charge on any atom is -0.462 e. The van der Waals surface area contributed by atoms with E-state index in [0.29, 0.717) is 6.42 Å². The van der Waals surface area contributed by atoms with E-state index in [1.54, 1.807) is 0 Å². The molecule has 49 heavy (non-hydrogen) atoms. The first-order chi connectivity index (χ1) is 23.8. The van der Waals surface area contributed by atoms with Crippen LogP contribution < -0.4 is 0 Å². The zero-order chi connectivity index (χ0) is 36.1. The molecule has 0 aliphatic heterocycles. The Balaban J connectivity index is 3.94.